The molecule has 104 valence electrons. The number of hydrogen-bond acceptors (Lipinski definition) is 3. The first-order valence-corrected chi connectivity index (χ1v) is 6.83. The number of carbonyl (C=O) groups is 1. The largest absolute Gasteiger partial charge is 0.480 e. The van der Waals surface area contributed by atoms with E-state index in [1.165, 1.54) is 0 Å². The lowest BCUT2D eigenvalue weighted by atomic mass is 10.1. The van der Waals surface area contributed by atoms with Crippen LogP contribution < -0.4 is 5.56 Å². The van der Waals surface area contributed by atoms with E-state index < -0.39 is 24.2 Å². The summed E-state index contributed by atoms with van der Waals surface area (Å²) in [6.07, 6.45) is -0.611. The van der Waals surface area contributed by atoms with Crippen molar-refractivity contribution in [1.29, 1.82) is 0 Å². The Kier molecular flexibility index (Phi) is 3.08. The normalized spacial score (nSPS) is 21.1. The van der Waals surface area contributed by atoms with Gasteiger partial charge in [0.2, 0.25) is 0 Å². The molecular weight excluding hydrogens is 331 g/mol. The zero-order valence-electron chi connectivity index (χ0n) is 10.2. The number of carboxylic acid groups (broad SMARTS) is 1. The third-order valence-corrected chi connectivity index (χ3v) is 3.79. The minimum Gasteiger partial charge on any atom is -0.480 e. The maximum absolute atomic E-state index is 13.3. The summed E-state index contributed by atoms with van der Waals surface area (Å²) in [6, 6.07) is 5.01. The molecule has 1 aromatic heterocycles. The lowest BCUT2D eigenvalue weighted by Gasteiger charge is -2.09. The van der Waals surface area contributed by atoms with Gasteiger partial charge in [-0.25, -0.2) is 9.07 Å². The third kappa shape index (κ3) is 2.22. The Hall–Kier alpha value is -1.76. The molecule has 0 spiro atoms. The Labute approximate surface area is 121 Å². The quantitative estimate of drug-likeness (QED) is 0.928. The maximum Gasteiger partial charge on any atom is 0.325 e. The molecule has 0 bridgehead atoms. The molecule has 0 unspecified atom stereocenters. The number of halogens is 2. The lowest BCUT2D eigenvalue weighted by Crippen LogP contribution is -2.28. The second-order valence-corrected chi connectivity index (χ2v) is 5.71. The average molecular weight is 341 g/mol. The van der Waals surface area contributed by atoms with E-state index in [1.54, 1.807) is 18.2 Å². The van der Waals surface area contributed by atoms with Crippen molar-refractivity contribution in [3.63, 3.8) is 0 Å². The SMILES string of the molecule is O=C(O)Cn1nc([C@H]2C[C@H]2F)c2cc(Br)ccc2c1=O. The lowest BCUT2D eigenvalue weighted by molar-refractivity contribution is -0.138. The summed E-state index contributed by atoms with van der Waals surface area (Å²) in [6.45, 7) is -0.526. The number of nitrogens with zero attached hydrogens (tertiary/aromatic N) is 2. The molecule has 1 aromatic carbocycles. The summed E-state index contributed by atoms with van der Waals surface area (Å²) in [5.74, 6) is -1.51. The fraction of sp³-hybridized carbons (Fsp3) is 0.308. The summed E-state index contributed by atoms with van der Waals surface area (Å²) in [4.78, 5) is 23.0. The minimum atomic E-state index is -1.16. The van der Waals surface area contributed by atoms with E-state index in [-0.39, 0.29) is 5.92 Å². The van der Waals surface area contributed by atoms with E-state index in [2.05, 4.69) is 21.0 Å². The van der Waals surface area contributed by atoms with Gasteiger partial charge in [-0.05, 0) is 24.6 Å². The van der Waals surface area contributed by atoms with Crippen LogP contribution in [0.3, 0.4) is 0 Å². The van der Waals surface area contributed by atoms with Gasteiger partial charge in [-0.15, -0.1) is 0 Å². The zero-order valence-corrected chi connectivity index (χ0v) is 11.8. The van der Waals surface area contributed by atoms with Crippen molar-refractivity contribution in [2.45, 2.75) is 25.1 Å². The molecular formula is C13H10BrFN2O3. The zero-order chi connectivity index (χ0) is 14.4. The second kappa shape index (κ2) is 4.66. The van der Waals surface area contributed by atoms with Crippen LogP contribution in [-0.4, -0.2) is 27.0 Å². The molecule has 1 aliphatic rings. The number of aromatic nitrogens is 2. The molecule has 1 saturated carbocycles. The summed E-state index contributed by atoms with van der Waals surface area (Å²) >= 11 is 3.31. The van der Waals surface area contributed by atoms with Crippen molar-refractivity contribution >= 4 is 32.7 Å². The molecule has 0 radical (unpaired) electrons. The van der Waals surface area contributed by atoms with Gasteiger partial charge >= 0.3 is 5.97 Å². The number of alkyl halides is 1. The van der Waals surface area contributed by atoms with Crippen molar-refractivity contribution < 1.29 is 14.3 Å². The topological polar surface area (TPSA) is 72.2 Å². The van der Waals surface area contributed by atoms with Crippen LogP contribution in [0, 0.1) is 0 Å². The molecule has 5 nitrogen and oxygen atoms in total. The molecule has 7 heteroatoms. The number of hydrogen-bond donors (Lipinski definition) is 1. The fourth-order valence-electron chi connectivity index (χ4n) is 2.24. The van der Waals surface area contributed by atoms with E-state index >= 15 is 0 Å². The summed E-state index contributed by atoms with van der Waals surface area (Å²) < 4.78 is 15.0. The Morgan fingerprint density at radius 2 is 2.20 bits per heavy atom. The summed E-state index contributed by atoms with van der Waals surface area (Å²) in [5, 5.41) is 13.8. The van der Waals surface area contributed by atoms with Gasteiger partial charge in [-0.2, -0.15) is 5.10 Å². The Morgan fingerprint density at radius 1 is 1.50 bits per heavy atom. The van der Waals surface area contributed by atoms with Crippen LogP contribution in [0.4, 0.5) is 4.39 Å². The first-order chi connectivity index (χ1) is 9.47. The van der Waals surface area contributed by atoms with Crippen molar-refractivity contribution in [1.82, 2.24) is 9.78 Å². The minimum absolute atomic E-state index is 0.354. The summed E-state index contributed by atoms with van der Waals surface area (Å²) in [7, 11) is 0. The van der Waals surface area contributed by atoms with Crippen LogP contribution in [0.2, 0.25) is 0 Å². The maximum atomic E-state index is 13.3. The first kappa shape index (κ1) is 13.2. The van der Waals surface area contributed by atoms with Crippen LogP contribution >= 0.6 is 15.9 Å². The molecule has 1 N–H and O–H groups in total. The Bertz CT molecular complexity index is 774. The third-order valence-electron chi connectivity index (χ3n) is 3.30. The van der Waals surface area contributed by atoms with Crippen molar-refractivity contribution in [2.75, 3.05) is 0 Å². The number of fused-ring (bicyclic) bond motifs is 1. The highest BCUT2D eigenvalue weighted by atomic mass is 79.9. The Balaban J connectivity index is 2.28. The van der Waals surface area contributed by atoms with Crippen LogP contribution in [0.1, 0.15) is 18.0 Å². The fourth-order valence-corrected chi connectivity index (χ4v) is 2.60. The van der Waals surface area contributed by atoms with Gasteiger partial charge in [0.15, 0.2) is 0 Å². The van der Waals surface area contributed by atoms with E-state index in [0.29, 0.717) is 22.9 Å². The van der Waals surface area contributed by atoms with Gasteiger partial charge in [0.25, 0.3) is 5.56 Å². The first-order valence-electron chi connectivity index (χ1n) is 6.03. The number of benzene rings is 1. The van der Waals surface area contributed by atoms with Crippen molar-refractivity contribution in [3.8, 4) is 0 Å². The van der Waals surface area contributed by atoms with E-state index in [4.69, 9.17) is 5.11 Å². The molecule has 20 heavy (non-hydrogen) atoms. The van der Waals surface area contributed by atoms with Gasteiger partial charge in [-0.1, -0.05) is 15.9 Å². The van der Waals surface area contributed by atoms with Crippen molar-refractivity contribution in [3.05, 3.63) is 38.7 Å². The number of carboxylic acids is 1. The second-order valence-electron chi connectivity index (χ2n) is 4.79. The predicted molar refractivity (Wildman–Crippen MR) is 73.6 cm³/mol. The van der Waals surface area contributed by atoms with Gasteiger partial charge in [-0.3, -0.25) is 9.59 Å². The Morgan fingerprint density at radius 3 is 2.80 bits per heavy atom. The smallest absolute Gasteiger partial charge is 0.325 e. The number of rotatable bonds is 3. The van der Waals surface area contributed by atoms with Gasteiger partial charge in [0, 0.05) is 15.8 Å². The molecule has 0 aliphatic heterocycles. The van der Waals surface area contributed by atoms with Crippen molar-refractivity contribution in [2.24, 2.45) is 0 Å². The highest BCUT2D eigenvalue weighted by Gasteiger charge is 2.41. The molecule has 0 amide bonds. The van der Waals surface area contributed by atoms with Gasteiger partial charge < -0.3 is 5.11 Å². The van der Waals surface area contributed by atoms with Crippen LogP contribution in [0.25, 0.3) is 10.8 Å². The predicted octanol–water partition coefficient (Wildman–Crippen LogP) is 2.07. The van der Waals surface area contributed by atoms with E-state index in [0.717, 1.165) is 9.15 Å². The molecule has 2 aromatic rings. The average Bonchev–Trinajstić information content (AvgIpc) is 3.09. The van der Waals surface area contributed by atoms with Gasteiger partial charge in [0.1, 0.15) is 12.7 Å². The van der Waals surface area contributed by atoms with Crippen LogP contribution in [0.5, 0.6) is 0 Å². The van der Waals surface area contributed by atoms with E-state index in [9.17, 15) is 14.0 Å². The molecule has 0 saturated heterocycles. The monoisotopic (exact) mass is 340 g/mol. The molecule has 1 heterocycles. The van der Waals surface area contributed by atoms with Crippen LogP contribution in [0.15, 0.2) is 27.5 Å². The van der Waals surface area contributed by atoms with Crippen LogP contribution in [-0.2, 0) is 11.3 Å². The molecule has 1 fully saturated rings. The molecule has 3 rings (SSSR count). The summed E-state index contributed by atoms with van der Waals surface area (Å²) in [5.41, 5.74) is -0.0237. The standard InChI is InChI=1S/C13H10BrFN2O3/c14-6-1-2-7-8(3-6)12(9-4-10(9)15)16-17(13(7)20)5-11(18)19/h1-3,9-10H,4-5H2,(H,18,19)/t9-,10+/m0/s1. The molecule has 2 atom stereocenters. The molecule has 1 aliphatic carbocycles. The van der Waals surface area contributed by atoms with Gasteiger partial charge in [0.05, 0.1) is 11.1 Å². The highest BCUT2D eigenvalue weighted by Crippen LogP contribution is 2.44. The highest BCUT2D eigenvalue weighted by molar-refractivity contribution is 9.10. The van der Waals surface area contributed by atoms with E-state index in [1.807, 2.05) is 0 Å². The number of aliphatic carboxylic acids is 1.